The molecule has 2 saturated heterocycles. The Morgan fingerprint density at radius 3 is 2.45 bits per heavy atom. The van der Waals surface area contributed by atoms with Crippen LogP contribution in [-0.2, 0) is 10.5 Å². The van der Waals surface area contributed by atoms with Crippen molar-refractivity contribution in [3.05, 3.63) is 59.2 Å². The molecule has 0 aliphatic carbocycles. The second-order valence-electron chi connectivity index (χ2n) is 8.05. The molecule has 5 heteroatoms. The topological polar surface area (TPSA) is 21.7 Å². The molecule has 4 atom stereocenters. The van der Waals surface area contributed by atoms with Gasteiger partial charge in [0.1, 0.15) is 11.9 Å². The molecular weight excluding hydrogens is 446 g/mol. The van der Waals surface area contributed by atoms with Gasteiger partial charge in [-0.2, -0.15) is 0 Å². The normalized spacial score (nSPS) is 27.9. The third-order valence-corrected chi connectivity index (χ3v) is 7.74. The molecule has 3 heterocycles. The van der Waals surface area contributed by atoms with Crippen LogP contribution >= 0.6 is 27.7 Å². The van der Waals surface area contributed by atoms with Gasteiger partial charge in [0.25, 0.3) is 0 Å². The highest BCUT2D eigenvalue weighted by atomic mass is 79.9. The highest BCUT2D eigenvalue weighted by Crippen LogP contribution is 2.45. The summed E-state index contributed by atoms with van der Waals surface area (Å²) < 4.78 is 12.4. The fraction of sp³-hybridized carbons (Fsp3) is 0.500. The number of alkyl halides is 1. The average Bonchev–Trinajstić information content (AvgIpc) is 2.94. The summed E-state index contributed by atoms with van der Waals surface area (Å²) in [6, 6.07) is 16.6. The lowest BCUT2D eigenvalue weighted by Gasteiger charge is -2.38. The summed E-state index contributed by atoms with van der Waals surface area (Å²) in [5.41, 5.74) is 3.97. The minimum absolute atomic E-state index is 0.00546. The Labute approximate surface area is 187 Å². The summed E-state index contributed by atoms with van der Waals surface area (Å²) >= 11 is 4.84. The molecule has 2 fully saturated rings. The lowest BCUT2D eigenvalue weighted by atomic mass is 9.95. The van der Waals surface area contributed by atoms with Gasteiger partial charge in [0.2, 0.25) is 0 Å². The summed E-state index contributed by atoms with van der Waals surface area (Å²) in [6.45, 7) is 0. The maximum atomic E-state index is 6.90. The molecule has 0 spiro atoms. The van der Waals surface area contributed by atoms with Gasteiger partial charge in [-0.15, -0.1) is 11.8 Å². The van der Waals surface area contributed by atoms with Crippen LogP contribution in [0.1, 0.15) is 48.5 Å². The zero-order valence-electron chi connectivity index (χ0n) is 17.4. The third kappa shape index (κ3) is 4.25. The highest BCUT2D eigenvalue weighted by Gasteiger charge is 2.40. The molecule has 0 saturated carbocycles. The Morgan fingerprint density at radius 2 is 1.72 bits per heavy atom. The molecule has 0 amide bonds. The smallest absolute Gasteiger partial charge is 0.119 e. The minimum Gasteiger partial charge on any atom is -0.497 e. The van der Waals surface area contributed by atoms with E-state index in [1.165, 1.54) is 34.4 Å². The van der Waals surface area contributed by atoms with Gasteiger partial charge in [0.05, 0.1) is 13.2 Å². The van der Waals surface area contributed by atoms with Gasteiger partial charge in [-0.1, -0.05) is 40.2 Å². The van der Waals surface area contributed by atoms with E-state index in [1.54, 1.807) is 7.11 Å². The first-order valence-electron chi connectivity index (χ1n) is 10.4. The lowest BCUT2D eigenvalue weighted by molar-refractivity contribution is -0.0436. The molecule has 2 bridgehead atoms. The van der Waals surface area contributed by atoms with Gasteiger partial charge >= 0.3 is 0 Å². The number of nitrogens with zero attached hydrogens (tertiary/aromatic N) is 1. The van der Waals surface area contributed by atoms with Gasteiger partial charge in [-0.25, -0.2) is 0 Å². The first-order chi connectivity index (χ1) is 14.2. The SMILES string of the molecule is CBr.COc1ccc2c(c1)C(OC1C[C@H]3CC[C@@H](C1)N3C)c1ccccc1CS2. The summed E-state index contributed by atoms with van der Waals surface area (Å²) in [4.78, 5) is 3.89. The Kier molecular flexibility index (Phi) is 6.90. The quantitative estimate of drug-likeness (QED) is 0.504. The molecule has 0 radical (unpaired) electrons. The van der Waals surface area contributed by atoms with Crippen molar-refractivity contribution in [2.75, 3.05) is 20.0 Å². The molecule has 2 aromatic carbocycles. The van der Waals surface area contributed by atoms with E-state index in [2.05, 4.69) is 70.3 Å². The monoisotopic (exact) mass is 475 g/mol. The number of benzene rings is 2. The van der Waals surface area contributed by atoms with Crippen molar-refractivity contribution in [2.24, 2.45) is 0 Å². The van der Waals surface area contributed by atoms with Crippen LogP contribution in [0.4, 0.5) is 0 Å². The van der Waals surface area contributed by atoms with Crippen molar-refractivity contribution in [1.82, 2.24) is 4.90 Å². The summed E-state index contributed by atoms with van der Waals surface area (Å²) in [5, 5.41) is 0. The van der Waals surface area contributed by atoms with E-state index in [-0.39, 0.29) is 6.10 Å². The Morgan fingerprint density at radius 1 is 1.00 bits per heavy atom. The molecule has 5 rings (SSSR count). The molecular formula is C24H30BrNO2S. The zero-order valence-corrected chi connectivity index (χ0v) is 19.8. The van der Waals surface area contributed by atoms with E-state index in [0.29, 0.717) is 18.2 Å². The van der Waals surface area contributed by atoms with Crippen LogP contribution < -0.4 is 4.74 Å². The van der Waals surface area contributed by atoms with Crippen molar-refractivity contribution < 1.29 is 9.47 Å². The molecule has 156 valence electrons. The molecule has 0 aromatic heterocycles. The van der Waals surface area contributed by atoms with Gasteiger partial charge < -0.3 is 14.4 Å². The Balaban J connectivity index is 0.000000994. The second kappa shape index (κ2) is 9.42. The molecule has 0 N–H and O–H groups in total. The molecule has 3 aliphatic rings. The van der Waals surface area contributed by atoms with Crippen molar-refractivity contribution in [2.45, 2.75) is 60.6 Å². The fourth-order valence-electron chi connectivity index (χ4n) is 5.05. The number of halogens is 1. The number of ether oxygens (including phenoxy) is 2. The van der Waals surface area contributed by atoms with Crippen molar-refractivity contribution in [3.63, 3.8) is 0 Å². The standard InChI is InChI=1S/C23H27NO2S.CH3Br/c1-24-16-7-8-17(24)12-19(11-16)26-23-20-6-4-3-5-15(20)14-27-22-10-9-18(25-2)13-21(22)23;1-2/h3-6,9-10,13,16-17,19,23H,7-8,11-12,14H2,1-2H3;1H3/t16-,17+,19?,23?;. The first kappa shape index (κ1) is 21.2. The van der Waals surface area contributed by atoms with E-state index in [4.69, 9.17) is 9.47 Å². The van der Waals surface area contributed by atoms with Crippen LogP contribution in [0.3, 0.4) is 0 Å². The largest absolute Gasteiger partial charge is 0.497 e. The Bertz CT molecular complexity index is 831. The van der Waals surface area contributed by atoms with Gasteiger partial charge in [0, 0.05) is 28.3 Å². The van der Waals surface area contributed by atoms with Gasteiger partial charge in [-0.05, 0) is 67.9 Å². The predicted octanol–water partition coefficient (Wildman–Crippen LogP) is 6.04. The highest BCUT2D eigenvalue weighted by molar-refractivity contribution is 9.08. The van der Waals surface area contributed by atoms with Crippen LogP contribution in [0.15, 0.2) is 47.4 Å². The molecule has 3 nitrogen and oxygen atoms in total. The number of hydrogen-bond acceptors (Lipinski definition) is 4. The van der Waals surface area contributed by atoms with Crippen LogP contribution in [-0.4, -0.2) is 43.1 Å². The predicted molar refractivity (Wildman–Crippen MR) is 124 cm³/mol. The number of rotatable bonds is 3. The molecule has 29 heavy (non-hydrogen) atoms. The number of methoxy groups -OCH3 is 1. The van der Waals surface area contributed by atoms with E-state index >= 15 is 0 Å². The van der Waals surface area contributed by atoms with Gasteiger partial charge in [-0.3, -0.25) is 0 Å². The van der Waals surface area contributed by atoms with Crippen molar-refractivity contribution >= 4 is 27.7 Å². The lowest BCUT2D eigenvalue weighted by Crippen LogP contribution is -2.43. The van der Waals surface area contributed by atoms with E-state index in [0.717, 1.165) is 24.3 Å². The van der Waals surface area contributed by atoms with Crippen molar-refractivity contribution in [1.29, 1.82) is 0 Å². The minimum atomic E-state index is -0.00546. The number of piperidine rings is 1. The number of fused-ring (bicyclic) bond motifs is 4. The summed E-state index contributed by atoms with van der Waals surface area (Å²) in [7, 11) is 4.03. The molecule has 2 unspecified atom stereocenters. The first-order valence-corrected chi connectivity index (χ1v) is 12.9. The number of thioether (sulfide) groups is 1. The summed E-state index contributed by atoms with van der Waals surface area (Å²) in [6.07, 6.45) is 5.27. The maximum absolute atomic E-state index is 6.90. The van der Waals surface area contributed by atoms with Crippen molar-refractivity contribution in [3.8, 4) is 5.75 Å². The maximum Gasteiger partial charge on any atom is 0.119 e. The van der Waals surface area contributed by atoms with Crippen LogP contribution in [0, 0.1) is 0 Å². The van der Waals surface area contributed by atoms with Crippen LogP contribution in [0.5, 0.6) is 5.75 Å². The van der Waals surface area contributed by atoms with Crippen LogP contribution in [0.2, 0.25) is 0 Å². The number of hydrogen-bond donors (Lipinski definition) is 0. The average molecular weight is 476 g/mol. The summed E-state index contributed by atoms with van der Waals surface area (Å²) in [5.74, 6) is 3.71. The zero-order chi connectivity index (χ0) is 20.4. The van der Waals surface area contributed by atoms with E-state index in [9.17, 15) is 0 Å². The second-order valence-corrected chi connectivity index (χ2v) is 9.07. The van der Waals surface area contributed by atoms with Crippen LogP contribution in [0.25, 0.3) is 0 Å². The molecule has 2 aromatic rings. The van der Waals surface area contributed by atoms with Gasteiger partial charge in [0.15, 0.2) is 0 Å². The van der Waals surface area contributed by atoms with E-state index in [1.807, 2.05) is 17.6 Å². The Hall–Kier alpha value is -1.01. The third-order valence-electron chi connectivity index (χ3n) is 6.60. The molecule has 3 aliphatic heterocycles. The fourth-order valence-corrected chi connectivity index (χ4v) is 6.12. The van der Waals surface area contributed by atoms with E-state index < -0.39 is 0 Å².